The zero-order chi connectivity index (χ0) is 19.2. The van der Waals surface area contributed by atoms with Crippen molar-refractivity contribution in [1.82, 2.24) is 15.5 Å². The predicted molar refractivity (Wildman–Crippen MR) is 102 cm³/mol. The molecule has 1 fully saturated rings. The number of nitrogens with one attached hydrogen (secondary N) is 2. The van der Waals surface area contributed by atoms with E-state index in [1.165, 1.54) is 5.56 Å². The fourth-order valence-electron chi connectivity index (χ4n) is 3.20. The van der Waals surface area contributed by atoms with Crippen LogP contribution in [0.3, 0.4) is 0 Å². The fraction of sp³-hybridized carbons (Fsp3) is 0.286. The van der Waals surface area contributed by atoms with E-state index in [1.54, 1.807) is 24.3 Å². The number of hydrogen-bond acceptors (Lipinski definition) is 3. The standard InChI is InChI=1S/C21H23N3O3/c1-2-15(16-8-4-3-5-9-16)12-22-20(26)18-11-7-6-10-17(18)14-24-19(25)13-23-21(24)27/h3-11,15H,2,12-14H2,1H3,(H,22,26)(H,23,27)/t15-/m1/s1. The second-order valence-electron chi connectivity index (χ2n) is 6.52. The van der Waals surface area contributed by atoms with Gasteiger partial charge in [-0.2, -0.15) is 0 Å². The molecular formula is C21H23N3O3. The topological polar surface area (TPSA) is 78.5 Å². The molecular weight excluding hydrogens is 342 g/mol. The normalized spacial score (nSPS) is 14.8. The van der Waals surface area contributed by atoms with E-state index in [0.717, 1.165) is 11.3 Å². The van der Waals surface area contributed by atoms with E-state index in [1.807, 2.05) is 18.2 Å². The van der Waals surface area contributed by atoms with Gasteiger partial charge in [-0.25, -0.2) is 4.79 Å². The zero-order valence-corrected chi connectivity index (χ0v) is 15.3. The lowest BCUT2D eigenvalue weighted by atomic mass is 9.96. The summed E-state index contributed by atoms with van der Waals surface area (Å²) in [6.07, 6.45) is 0.911. The Kier molecular flexibility index (Phi) is 5.86. The third kappa shape index (κ3) is 4.34. The highest BCUT2D eigenvalue weighted by molar-refractivity contribution is 6.02. The molecule has 1 aliphatic rings. The predicted octanol–water partition coefficient (Wildman–Crippen LogP) is 2.66. The maximum Gasteiger partial charge on any atom is 0.324 e. The van der Waals surface area contributed by atoms with Crippen LogP contribution in [0.15, 0.2) is 54.6 Å². The first-order valence-corrected chi connectivity index (χ1v) is 9.09. The Balaban J connectivity index is 1.70. The van der Waals surface area contributed by atoms with Crippen LogP contribution in [0.1, 0.15) is 40.7 Å². The highest BCUT2D eigenvalue weighted by Gasteiger charge is 2.29. The molecule has 0 aliphatic carbocycles. The van der Waals surface area contributed by atoms with Crippen LogP contribution < -0.4 is 10.6 Å². The summed E-state index contributed by atoms with van der Waals surface area (Å²) < 4.78 is 0. The van der Waals surface area contributed by atoms with Crippen LogP contribution in [-0.2, 0) is 11.3 Å². The molecule has 3 rings (SSSR count). The van der Waals surface area contributed by atoms with Crippen LogP contribution >= 0.6 is 0 Å². The van der Waals surface area contributed by atoms with E-state index in [0.29, 0.717) is 17.7 Å². The van der Waals surface area contributed by atoms with Gasteiger partial charge in [-0.1, -0.05) is 55.5 Å². The third-order valence-corrected chi connectivity index (χ3v) is 4.80. The Morgan fingerprint density at radius 3 is 2.48 bits per heavy atom. The molecule has 0 radical (unpaired) electrons. The minimum absolute atomic E-state index is 0.00243. The second-order valence-corrected chi connectivity index (χ2v) is 6.52. The van der Waals surface area contributed by atoms with E-state index in [9.17, 15) is 14.4 Å². The van der Waals surface area contributed by atoms with Gasteiger partial charge in [-0.3, -0.25) is 14.5 Å². The maximum atomic E-state index is 12.7. The molecule has 2 aromatic rings. The monoisotopic (exact) mass is 365 g/mol. The van der Waals surface area contributed by atoms with Crippen LogP contribution in [-0.4, -0.2) is 35.8 Å². The molecule has 0 unspecified atom stereocenters. The van der Waals surface area contributed by atoms with Gasteiger partial charge in [0.2, 0.25) is 5.91 Å². The molecule has 6 nitrogen and oxygen atoms in total. The maximum absolute atomic E-state index is 12.7. The van der Waals surface area contributed by atoms with Crippen molar-refractivity contribution >= 4 is 17.8 Å². The molecule has 2 N–H and O–H groups in total. The summed E-state index contributed by atoms with van der Waals surface area (Å²) in [5.41, 5.74) is 2.31. The molecule has 0 aromatic heterocycles. The number of nitrogens with zero attached hydrogens (tertiary/aromatic N) is 1. The third-order valence-electron chi connectivity index (χ3n) is 4.80. The van der Waals surface area contributed by atoms with Crippen molar-refractivity contribution in [2.75, 3.05) is 13.1 Å². The lowest BCUT2D eigenvalue weighted by molar-refractivity contribution is -0.125. The number of carbonyl (C=O) groups excluding carboxylic acids is 3. The smallest absolute Gasteiger partial charge is 0.324 e. The van der Waals surface area contributed by atoms with Crippen molar-refractivity contribution < 1.29 is 14.4 Å². The highest BCUT2D eigenvalue weighted by Crippen LogP contribution is 2.19. The molecule has 6 heteroatoms. The Labute approximate surface area is 158 Å². The zero-order valence-electron chi connectivity index (χ0n) is 15.3. The molecule has 1 saturated heterocycles. The van der Waals surface area contributed by atoms with Gasteiger partial charge in [0.15, 0.2) is 0 Å². The number of carbonyl (C=O) groups is 3. The summed E-state index contributed by atoms with van der Waals surface area (Å²) in [6, 6.07) is 16.7. The van der Waals surface area contributed by atoms with Crippen LogP contribution in [0, 0.1) is 0 Å². The van der Waals surface area contributed by atoms with Crippen molar-refractivity contribution in [2.45, 2.75) is 25.8 Å². The fourth-order valence-corrected chi connectivity index (χ4v) is 3.20. The van der Waals surface area contributed by atoms with E-state index in [4.69, 9.17) is 0 Å². The minimum atomic E-state index is -0.426. The van der Waals surface area contributed by atoms with Gasteiger partial charge < -0.3 is 10.6 Å². The van der Waals surface area contributed by atoms with Crippen LogP contribution in [0.4, 0.5) is 4.79 Å². The van der Waals surface area contributed by atoms with Crippen LogP contribution in [0.5, 0.6) is 0 Å². The molecule has 1 heterocycles. The molecule has 140 valence electrons. The second kappa shape index (κ2) is 8.49. The first-order valence-electron chi connectivity index (χ1n) is 9.09. The lowest BCUT2D eigenvalue weighted by Gasteiger charge is -2.18. The molecule has 1 aliphatic heterocycles. The van der Waals surface area contributed by atoms with Crippen molar-refractivity contribution in [1.29, 1.82) is 0 Å². The Bertz CT molecular complexity index is 820. The van der Waals surface area contributed by atoms with Crippen molar-refractivity contribution in [3.63, 3.8) is 0 Å². The Hall–Kier alpha value is -3.15. The SMILES string of the molecule is CC[C@H](CNC(=O)c1ccccc1CN1C(=O)CNC1=O)c1ccccc1. The number of amides is 4. The Morgan fingerprint density at radius 2 is 1.81 bits per heavy atom. The largest absolute Gasteiger partial charge is 0.351 e. The molecule has 4 amide bonds. The summed E-state index contributed by atoms with van der Waals surface area (Å²) in [6.45, 7) is 2.71. The summed E-state index contributed by atoms with van der Waals surface area (Å²) in [7, 11) is 0. The van der Waals surface area contributed by atoms with Crippen molar-refractivity contribution in [3.8, 4) is 0 Å². The Morgan fingerprint density at radius 1 is 1.11 bits per heavy atom. The van der Waals surface area contributed by atoms with Gasteiger partial charge in [0.1, 0.15) is 0 Å². The van der Waals surface area contributed by atoms with Gasteiger partial charge >= 0.3 is 6.03 Å². The number of benzene rings is 2. The highest BCUT2D eigenvalue weighted by atomic mass is 16.2. The first kappa shape index (κ1) is 18.6. The molecule has 27 heavy (non-hydrogen) atoms. The van der Waals surface area contributed by atoms with Gasteiger partial charge in [-0.15, -0.1) is 0 Å². The number of imide groups is 1. The molecule has 0 saturated carbocycles. The molecule has 0 spiro atoms. The molecule has 0 bridgehead atoms. The van der Waals surface area contributed by atoms with E-state index in [-0.39, 0.29) is 30.8 Å². The van der Waals surface area contributed by atoms with E-state index in [2.05, 4.69) is 29.7 Å². The number of rotatable bonds is 7. The number of urea groups is 1. The van der Waals surface area contributed by atoms with Gasteiger partial charge in [0.25, 0.3) is 5.91 Å². The summed E-state index contributed by atoms with van der Waals surface area (Å²) >= 11 is 0. The quantitative estimate of drug-likeness (QED) is 0.741. The first-order chi connectivity index (χ1) is 13.1. The van der Waals surface area contributed by atoms with E-state index < -0.39 is 6.03 Å². The van der Waals surface area contributed by atoms with Gasteiger partial charge in [0.05, 0.1) is 13.1 Å². The average molecular weight is 365 g/mol. The van der Waals surface area contributed by atoms with Crippen molar-refractivity contribution in [2.24, 2.45) is 0 Å². The molecule has 2 aromatic carbocycles. The van der Waals surface area contributed by atoms with Crippen LogP contribution in [0.25, 0.3) is 0 Å². The van der Waals surface area contributed by atoms with Crippen LogP contribution in [0.2, 0.25) is 0 Å². The summed E-state index contributed by atoms with van der Waals surface area (Å²) in [5, 5.41) is 5.48. The molecule has 1 atom stereocenters. The number of hydrogen-bond donors (Lipinski definition) is 2. The lowest BCUT2D eigenvalue weighted by Crippen LogP contribution is -2.33. The van der Waals surface area contributed by atoms with E-state index >= 15 is 0 Å². The minimum Gasteiger partial charge on any atom is -0.351 e. The van der Waals surface area contributed by atoms with Gasteiger partial charge in [0, 0.05) is 18.0 Å². The summed E-state index contributed by atoms with van der Waals surface area (Å²) in [5.74, 6) is -0.259. The van der Waals surface area contributed by atoms with Gasteiger partial charge in [-0.05, 0) is 23.6 Å². The average Bonchev–Trinajstić information content (AvgIpc) is 3.01. The summed E-state index contributed by atoms with van der Waals surface area (Å²) in [4.78, 5) is 37.5. The van der Waals surface area contributed by atoms with Crippen molar-refractivity contribution in [3.05, 3.63) is 71.3 Å².